The Morgan fingerprint density at radius 1 is 1.14 bits per heavy atom. The first-order chi connectivity index (χ1) is 10.2. The number of para-hydroxylation sites is 1. The summed E-state index contributed by atoms with van der Waals surface area (Å²) in [5.74, 6) is -0.838. The SMILES string of the molecule is CCNC(c1cccc(F)c1F)c1cccc2c1OCC2. The van der Waals surface area contributed by atoms with Gasteiger partial charge in [-0.25, -0.2) is 8.78 Å². The van der Waals surface area contributed by atoms with Gasteiger partial charge in [-0.2, -0.15) is 0 Å². The van der Waals surface area contributed by atoms with Crippen LogP contribution in [-0.2, 0) is 6.42 Å². The first-order valence-corrected chi connectivity index (χ1v) is 7.14. The minimum atomic E-state index is -0.830. The fourth-order valence-electron chi connectivity index (χ4n) is 2.80. The van der Waals surface area contributed by atoms with Gasteiger partial charge in [0.1, 0.15) is 5.75 Å². The molecule has 0 saturated heterocycles. The molecule has 0 bridgehead atoms. The molecular formula is C17H17F2NO. The number of halogens is 2. The van der Waals surface area contributed by atoms with Crippen molar-refractivity contribution in [2.75, 3.05) is 13.2 Å². The van der Waals surface area contributed by atoms with Gasteiger partial charge in [0.05, 0.1) is 12.6 Å². The Balaban J connectivity index is 2.11. The summed E-state index contributed by atoms with van der Waals surface area (Å²) in [4.78, 5) is 0. The Kier molecular flexibility index (Phi) is 3.88. The molecule has 1 aliphatic heterocycles. The number of benzene rings is 2. The van der Waals surface area contributed by atoms with Gasteiger partial charge in [0.2, 0.25) is 0 Å². The second-order valence-corrected chi connectivity index (χ2v) is 5.07. The maximum Gasteiger partial charge on any atom is 0.163 e. The van der Waals surface area contributed by atoms with Crippen LogP contribution in [-0.4, -0.2) is 13.2 Å². The number of nitrogens with one attached hydrogen (secondary N) is 1. The van der Waals surface area contributed by atoms with Crippen molar-refractivity contribution in [1.82, 2.24) is 5.32 Å². The molecule has 0 amide bonds. The van der Waals surface area contributed by atoms with E-state index in [2.05, 4.69) is 5.32 Å². The highest BCUT2D eigenvalue weighted by atomic mass is 19.2. The molecule has 3 rings (SSSR count). The summed E-state index contributed by atoms with van der Waals surface area (Å²) in [5, 5.41) is 3.23. The molecule has 0 fully saturated rings. The van der Waals surface area contributed by atoms with Crippen LogP contribution in [0.3, 0.4) is 0 Å². The Morgan fingerprint density at radius 2 is 1.90 bits per heavy atom. The highest BCUT2D eigenvalue weighted by Crippen LogP contribution is 2.37. The third kappa shape index (κ3) is 2.51. The normalized spacial score (nSPS) is 14.6. The summed E-state index contributed by atoms with van der Waals surface area (Å²) in [6.07, 6.45) is 0.855. The van der Waals surface area contributed by atoms with Gasteiger partial charge in [0, 0.05) is 17.5 Å². The van der Waals surface area contributed by atoms with E-state index in [1.165, 1.54) is 6.07 Å². The van der Waals surface area contributed by atoms with Crippen LogP contribution in [0, 0.1) is 11.6 Å². The lowest BCUT2D eigenvalue weighted by atomic mass is 9.95. The van der Waals surface area contributed by atoms with E-state index in [4.69, 9.17) is 4.74 Å². The van der Waals surface area contributed by atoms with Gasteiger partial charge in [-0.1, -0.05) is 37.3 Å². The molecule has 0 radical (unpaired) electrons. The summed E-state index contributed by atoms with van der Waals surface area (Å²) in [5.41, 5.74) is 2.28. The minimum Gasteiger partial charge on any atom is -0.493 e. The van der Waals surface area contributed by atoms with E-state index >= 15 is 0 Å². The second-order valence-electron chi connectivity index (χ2n) is 5.07. The molecule has 2 aromatic rings. The molecule has 1 aliphatic rings. The summed E-state index contributed by atoms with van der Waals surface area (Å²) in [7, 11) is 0. The number of ether oxygens (including phenoxy) is 1. The zero-order chi connectivity index (χ0) is 14.8. The highest BCUT2D eigenvalue weighted by molar-refractivity contribution is 5.49. The monoisotopic (exact) mass is 289 g/mol. The Morgan fingerprint density at radius 3 is 2.71 bits per heavy atom. The molecule has 1 N–H and O–H groups in total. The third-order valence-electron chi connectivity index (χ3n) is 3.76. The Labute approximate surface area is 122 Å². The summed E-state index contributed by atoms with van der Waals surface area (Å²) < 4.78 is 33.4. The van der Waals surface area contributed by atoms with Gasteiger partial charge in [0.15, 0.2) is 11.6 Å². The number of hydrogen-bond donors (Lipinski definition) is 1. The fraction of sp³-hybridized carbons (Fsp3) is 0.294. The summed E-state index contributed by atoms with van der Waals surface area (Å²) >= 11 is 0. The standard InChI is InChI=1S/C17H17F2NO/c1-2-20-16(12-6-4-8-14(18)15(12)19)13-7-3-5-11-9-10-21-17(11)13/h3-8,16,20H,2,9-10H2,1H3. The van der Waals surface area contributed by atoms with E-state index in [9.17, 15) is 8.78 Å². The van der Waals surface area contributed by atoms with Gasteiger partial charge in [-0.05, 0) is 18.2 Å². The van der Waals surface area contributed by atoms with E-state index in [-0.39, 0.29) is 0 Å². The fourth-order valence-corrected chi connectivity index (χ4v) is 2.80. The van der Waals surface area contributed by atoms with Crippen LogP contribution in [0.15, 0.2) is 36.4 Å². The smallest absolute Gasteiger partial charge is 0.163 e. The molecule has 2 nitrogen and oxygen atoms in total. The zero-order valence-corrected chi connectivity index (χ0v) is 11.8. The van der Waals surface area contributed by atoms with Crippen molar-refractivity contribution in [2.45, 2.75) is 19.4 Å². The van der Waals surface area contributed by atoms with Crippen molar-refractivity contribution in [2.24, 2.45) is 0 Å². The van der Waals surface area contributed by atoms with Gasteiger partial charge >= 0.3 is 0 Å². The lowest BCUT2D eigenvalue weighted by molar-refractivity contribution is 0.350. The average Bonchev–Trinajstić information content (AvgIpc) is 2.97. The van der Waals surface area contributed by atoms with Crippen LogP contribution in [0.25, 0.3) is 0 Å². The molecule has 21 heavy (non-hydrogen) atoms. The van der Waals surface area contributed by atoms with Crippen molar-refractivity contribution in [3.63, 3.8) is 0 Å². The first kappa shape index (κ1) is 14.0. The third-order valence-corrected chi connectivity index (χ3v) is 3.76. The molecule has 0 aromatic heterocycles. The van der Waals surface area contributed by atoms with Crippen LogP contribution in [0.4, 0.5) is 8.78 Å². The Hall–Kier alpha value is -1.94. The maximum atomic E-state index is 14.2. The summed E-state index contributed by atoms with van der Waals surface area (Å²) in [6.45, 7) is 3.22. The van der Waals surface area contributed by atoms with E-state index < -0.39 is 17.7 Å². The van der Waals surface area contributed by atoms with E-state index in [1.807, 2.05) is 25.1 Å². The van der Waals surface area contributed by atoms with Crippen LogP contribution in [0.2, 0.25) is 0 Å². The van der Waals surface area contributed by atoms with Crippen LogP contribution >= 0.6 is 0 Å². The molecule has 0 aliphatic carbocycles. The molecule has 1 unspecified atom stereocenters. The Bertz CT molecular complexity index is 657. The molecule has 1 heterocycles. The predicted molar refractivity (Wildman–Crippen MR) is 77.5 cm³/mol. The summed E-state index contributed by atoms with van der Waals surface area (Å²) in [6, 6.07) is 9.71. The van der Waals surface area contributed by atoms with E-state index in [0.29, 0.717) is 18.7 Å². The van der Waals surface area contributed by atoms with Crippen molar-refractivity contribution in [1.29, 1.82) is 0 Å². The lowest BCUT2D eigenvalue weighted by Crippen LogP contribution is -2.23. The molecule has 1 atom stereocenters. The number of hydrogen-bond acceptors (Lipinski definition) is 2. The van der Waals surface area contributed by atoms with E-state index in [0.717, 1.165) is 29.4 Å². The second kappa shape index (κ2) is 5.82. The minimum absolute atomic E-state index is 0.306. The van der Waals surface area contributed by atoms with Crippen LogP contribution in [0.5, 0.6) is 5.75 Å². The highest BCUT2D eigenvalue weighted by Gasteiger charge is 2.25. The van der Waals surface area contributed by atoms with Crippen molar-refractivity contribution >= 4 is 0 Å². The average molecular weight is 289 g/mol. The van der Waals surface area contributed by atoms with Crippen molar-refractivity contribution in [3.8, 4) is 5.75 Å². The topological polar surface area (TPSA) is 21.3 Å². The lowest BCUT2D eigenvalue weighted by Gasteiger charge is -2.21. The largest absolute Gasteiger partial charge is 0.493 e. The molecule has 110 valence electrons. The van der Waals surface area contributed by atoms with Gasteiger partial charge in [-0.15, -0.1) is 0 Å². The van der Waals surface area contributed by atoms with E-state index in [1.54, 1.807) is 6.07 Å². The van der Waals surface area contributed by atoms with Gasteiger partial charge < -0.3 is 10.1 Å². The molecule has 0 saturated carbocycles. The molecule has 2 aromatic carbocycles. The van der Waals surface area contributed by atoms with Crippen molar-refractivity contribution in [3.05, 3.63) is 64.7 Å². The van der Waals surface area contributed by atoms with Gasteiger partial charge in [0.25, 0.3) is 0 Å². The van der Waals surface area contributed by atoms with Crippen molar-refractivity contribution < 1.29 is 13.5 Å². The molecule has 4 heteroatoms. The quantitative estimate of drug-likeness (QED) is 0.928. The van der Waals surface area contributed by atoms with Gasteiger partial charge in [-0.3, -0.25) is 0 Å². The first-order valence-electron chi connectivity index (χ1n) is 7.14. The van der Waals surface area contributed by atoms with Crippen LogP contribution in [0.1, 0.15) is 29.7 Å². The number of fused-ring (bicyclic) bond motifs is 1. The molecular weight excluding hydrogens is 272 g/mol. The predicted octanol–water partition coefficient (Wildman–Crippen LogP) is 3.60. The van der Waals surface area contributed by atoms with Crippen LogP contribution < -0.4 is 10.1 Å². The maximum absolute atomic E-state index is 14.2. The number of rotatable bonds is 4. The zero-order valence-electron chi connectivity index (χ0n) is 11.8. The molecule has 0 spiro atoms.